The Morgan fingerprint density at radius 2 is 1.75 bits per heavy atom. The molecule has 128 valence electrons. The molecule has 0 radical (unpaired) electrons. The van der Waals surface area contributed by atoms with Gasteiger partial charge in [-0.2, -0.15) is 15.0 Å². The number of nitrogens with one attached hydrogen (secondary N) is 1. The molecule has 24 heavy (non-hydrogen) atoms. The molecule has 0 aliphatic rings. The maximum Gasteiger partial charge on any atom is 0.230 e. The van der Waals surface area contributed by atoms with Crippen molar-refractivity contribution in [3.05, 3.63) is 35.4 Å². The molecule has 8 heteroatoms. The number of nitrogens with zero attached hydrogens (tertiary/aromatic N) is 3. The molecule has 1 aromatic heterocycles. The van der Waals surface area contributed by atoms with Gasteiger partial charge in [0.05, 0.1) is 5.75 Å². The van der Waals surface area contributed by atoms with Crippen LogP contribution < -0.4 is 16.8 Å². The normalized spacial score (nSPS) is 10.8. The molecule has 0 saturated heterocycles. The van der Waals surface area contributed by atoms with E-state index in [1.807, 2.05) is 0 Å². The molecule has 1 amide bonds. The molecule has 1 aromatic carbocycles. The summed E-state index contributed by atoms with van der Waals surface area (Å²) in [7, 11) is 0. The molecule has 7 nitrogen and oxygen atoms in total. The number of hydrogen-bond donors (Lipinski definition) is 3. The number of thioether (sulfide) groups is 1. The van der Waals surface area contributed by atoms with Crippen molar-refractivity contribution in [3.8, 4) is 0 Å². The summed E-state index contributed by atoms with van der Waals surface area (Å²) >= 11 is 1.17. The van der Waals surface area contributed by atoms with Gasteiger partial charge in [0.1, 0.15) is 0 Å². The average Bonchev–Trinajstić information content (AvgIpc) is 2.52. The van der Waals surface area contributed by atoms with E-state index in [2.05, 4.69) is 58.4 Å². The molecular weight excluding hydrogens is 324 g/mol. The monoisotopic (exact) mass is 346 g/mol. The van der Waals surface area contributed by atoms with E-state index in [-0.39, 0.29) is 23.6 Å². The number of nitrogen functional groups attached to an aromatic ring is 2. The Morgan fingerprint density at radius 3 is 2.33 bits per heavy atom. The lowest BCUT2D eigenvalue weighted by Crippen LogP contribution is -2.27. The first-order valence-corrected chi connectivity index (χ1v) is 8.68. The quantitative estimate of drug-likeness (QED) is 0.651. The molecule has 0 fully saturated rings. The van der Waals surface area contributed by atoms with Gasteiger partial charge in [0, 0.05) is 6.54 Å². The maximum absolute atomic E-state index is 11.9. The minimum atomic E-state index is -0.0867. The van der Waals surface area contributed by atoms with Crippen LogP contribution in [0.3, 0.4) is 0 Å². The van der Waals surface area contributed by atoms with Crippen LogP contribution in [-0.4, -0.2) is 33.2 Å². The van der Waals surface area contributed by atoms with E-state index in [0.717, 1.165) is 6.42 Å². The van der Waals surface area contributed by atoms with Gasteiger partial charge in [-0.3, -0.25) is 4.79 Å². The highest BCUT2D eigenvalue weighted by Gasteiger charge is 2.07. The third kappa shape index (κ3) is 5.69. The summed E-state index contributed by atoms with van der Waals surface area (Å²) in [5.74, 6) is 0.742. The molecule has 0 saturated carbocycles. The summed E-state index contributed by atoms with van der Waals surface area (Å²) < 4.78 is 0. The summed E-state index contributed by atoms with van der Waals surface area (Å²) in [4.78, 5) is 23.4. The molecule has 0 atom stereocenters. The van der Waals surface area contributed by atoms with Crippen LogP contribution in [0.25, 0.3) is 0 Å². The van der Waals surface area contributed by atoms with Gasteiger partial charge in [0.2, 0.25) is 17.8 Å². The molecule has 0 spiro atoms. The van der Waals surface area contributed by atoms with Gasteiger partial charge in [-0.25, -0.2) is 0 Å². The van der Waals surface area contributed by atoms with E-state index in [1.165, 1.54) is 22.9 Å². The number of nitrogens with two attached hydrogens (primary N) is 2. The zero-order valence-corrected chi connectivity index (χ0v) is 14.6. The predicted octanol–water partition coefficient (Wildman–Crippen LogP) is 1.61. The average molecular weight is 346 g/mol. The van der Waals surface area contributed by atoms with Crippen LogP contribution in [0.5, 0.6) is 0 Å². The van der Waals surface area contributed by atoms with Crippen LogP contribution in [-0.2, 0) is 11.2 Å². The lowest BCUT2D eigenvalue weighted by atomic mass is 10.0. The van der Waals surface area contributed by atoms with Crippen LogP contribution in [0.2, 0.25) is 0 Å². The van der Waals surface area contributed by atoms with E-state index in [9.17, 15) is 4.79 Å². The minimum Gasteiger partial charge on any atom is -0.368 e. The third-order valence-corrected chi connectivity index (χ3v) is 4.21. The van der Waals surface area contributed by atoms with Gasteiger partial charge in [-0.1, -0.05) is 49.9 Å². The van der Waals surface area contributed by atoms with Gasteiger partial charge in [0.25, 0.3) is 0 Å². The number of aromatic nitrogens is 3. The first-order valence-electron chi connectivity index (χ1n) is 7.69. The topological polar surface area (TPSA) is 120 Å². The third-order valence-electron chi connectivity index (χ3n) is 3.36. The van der Waals surface area contributed by atoms with Gasteiger partial charge >= 0.3 is 0 Å². The zero-order chi connectivity index (χ0) is 17.5. The van der Waals surface area contributed by atoms with Crippen molar-refractivity contribution in [1.82, 2.24) is 20.3 Å². The second-order valence-corrected chi connectivity index (χ2v) is 6.56. The lowest BCUT2D eigenvalue weighted by Gasteiger charge is -2.08. The highest BCUT2D eigenvalue weighted by Crippen LogP contribution is 2.15. The van der Waals surface area contributed by atoms with Crippen LogP contribution in [0.1, 0.15) is 30.9 Å². The number of carbonyl (C=O) groups excluding carboxylic acids is 1. The van der Waals surface area contributed by atoms with E-state index < -0.39 is 0 Å². The molecule has 0 unspecified atom stereocenters. The van der Waals surface area contributed by atoms with E-state index in [0.29, 0.717) is 17.6 Å². The minimum absolute atomic E-state index is 0.0512. The zero-order valence-electron chi connectivity index (χ0n) is 13.8. The Morgan fingerprint density at radius 1 is 1.12 bits per heavy atom. The Bertz CT molecular complexity index is 669. The number of carbonyl (C=O) groups is 1. The standard InChI is InChI=1S/C16H22N6OS/c1-10(2)12-5-3-11(4-6-12)7-8-19-13(23)9-24-16-21-14(17)20-15(18)22-16/h3-6,10H,7-9H2,1-2H3,(H,19,23)(H4,17,18,20,21,22). The van der Waals surface area contributed by atoms with Crippen molar-refractivity contribution < 1.29 is 4.79 Å². The van der Waals surface area contributed by atoms with E-state index in [4.69, 9.17) is 11.5 Å². The Labute approximate surface area is 145 Å². The summed E-state index contributed by atoms with van der Waals surface area (Å²) in [5.41, 5.74) is 13.5. The van der Waals surface area contributed by atoms with Crippen LogP contribution in [0.15, 0.2) is 29.4 Å². The summed E-state index contributed by atoms with van der Waals surface area (Å²) in [6, 6.07) is 8.47. The maximum atomic E-state index is 11.9. The predicted molar refractivity (Wildman–Crippen MR) is 96.6 cm³/mol. The molecule has 5 N–H and O–H groups in total. The second kappa shape index (κ2) is 8.49. The van der Waals surface area contributed by atoms with Gasteiger partial charge in [-0.15, -0.1) is 0 Å². The molecular formula is C16H22N6OS. The number of hydrogen-bond acceptors (Lipinski definition) is 7. The summed E-state index contributed by atoms with van der Waals surface area (Å²) in [5, 5.41) is 3.22. The Balaban J connectivity index is 1.73. The molecule has 2 rings (SSSR count). The Kier molecular flexibility index (Phi) is 6.36. The molecule has 0 bridgehead atoms. The van der Waals surface area contributed by atoms with E-state index >= 15 is 0 Å². The molecule has 2 aromatic rings. The summed E-state index contributed by atoms with van der Waals surface area (Å²) in [6.07, 6.45) is 0.792. The molecule has 0 aliphatic carbocycles. The fourth-order valence-corrected chi connectivity index (χ4v) is 2.73. The van der Waals surface area contributed by atoms with Crippen molar-refractivity contribution in [2.24, 2.45) is 0 Å². The first kappa shape index (κ1) is 18.0. The highest BCUT2D eigenvalue weighted by atomic mass is 32.2. The second-order valence-electron chi connectivity index (χ2n) is 5.62. The fraction of sp³-hybridized carbons (Fsp3) is 0.375. The number of benzene rings is 1. The van der Waals surface area contributed by atoms with Gasteiger partial charge in [0.15, 0.2) is 5.16 Å². The Hall–Kier alpha value is -2.35. The number of amides is 1. The molecule has 1 heterocycles. The smallest absolute Gasteiger partial charge is 0.230 e. The highest BCUT2D eigenvalue weighted by molar-refractivity contribution is 7.99. The van der Waals surface area contributed by atoms with Crippen molar-refractivity contribution in [2.75, 3.05) is 23.8 Å². The lowest BCUT2D eigenvalue weighted by molar-refractivity contribution is -0.118. The fourth-order valence-electron chi connectivity index (χ4n) is 2.05. The number of rotatable bonds is 7. The van der Waals surface area contributed by atoms with Crippen LogP contribution in [0.4, 0.5) is 11.9 Å². The van der Waals surface area contributed by atoms with Crippen molar-refractivity contribution >= 4 is 29.6 Å². The van der Waals surface area contributed by atoms with Gasteiger partial charge in [-0.05, 0) is 23.5 Å². The SMILES string of the molecule is CC(C)c1ccc(CCNC(=O)CSc2nc(N)nc(N)n2)cc1. The van der Waals surface area contributed by atoms with Crippen LogP contribution >= 0.6 is 11.8 Å². The molecule has 0 aliphatic heterocycles. The van der Waals surface area contributed by atoms with Crippen molar-refractivity contribution in [3.63, 3.8) is 0 Å². The van der Waals surface area contributed by atoms with E-state index in [1.54, 1.807) is 0 Å². The van der Waals surface area contributed by atoms with Crippen LogP contribution in [0, 0.1) is 0 Å². The largest absolute Gasteiger partial charge is 0.368 e. The summed E-state index contributed by atoms with van der Waals surface area (Å²) in [6.45, 7) is 4.92. The number of anilines is 2. The van der Waals surface area contributed by atoms with Gasteiger partial charge < -0.3 is 16.8 Å². The van der Waals surface area contributed by atoms with Crippen molar-refractivity contribution in [1.29, 1.82) is 0 Å². The first-order chi connectivity index (χ1) is 11.4. The van der Waals surface area contributed by atoms with Crippen molar-refractivity contribution in [2.45, 2.75) is 31.3 Å².